The molecule has 0 aliphatic carbocycles. The quantitative estimate of drug-likeness (QED) is 0.583. The van der Waals surface area contributed by atoms with Gasteiger partial charge in [0.15, 0.2) is 0 Å². The van der Waals surface area contributed by atoms with Crippen molar-refractivity contribution in [2.24, 2.45) is 5.92 Å². The summed E-state index contributed by atoms with van der Waals surface area (Å²) < 4.78 is 24.8. The van der Waals surface area contributed by atoms with E-state index in [2.05, 4.69) is 4.72 Å². The van der Waals surface area contributed by atoms with Crippen molar-refractivity contribution in [3.8, 4) is 6.07 Å². The molecule has 0 fully saturated rings. The number of sulfonamides is 1. The molecular weight excluding hydrogens is 204 g/mol. The highest BCUT2D eigenvalue weighted by atomic mass is 32.2. The third-order valence-corrected chi connectivity index (χ3v) is 3.10. The Morgan fingerprint density at radius 2 is 2.21 bits per heavy atom. The van der Waals surface area contributed by atoms with Gasteiger partial charge in [0.05, 0.1) is 11.8 Å². The molecule has 0 radical (unpaired) electrons. The van der Waals surface area contributed by atoms with Gasteiger partial charge in [0, 0.05) is 19.6 Å². The highest BCUT2D eigenvalue weighted by Gasteiger charge is 2.10. The molecule has 2 N–H and O–H groups in total. The second-order valence-corrected chi connectivity index (χ2v) is 5.14. The highest BCUT2D eigenvalue weighted by molar-refractivity contribution is 7.89. The fourth-order valence-corrected chi connectivity index (χ4v) is 1.95. The molecule has 5 nitrogen and oxygen atoms in total. The standard InChI is InChI=1S/C8H16N2O3S/c1-8(7-11)6-10-14(12,13)5-3-2-4-9/h8,10-11H,2-3,5-7H2,1H3. The molecule has 82 valence electrons. The van der Waals surface area contributed by atoms with Crippen molar-refractivity contribution >= 4 is 10.0 Å². The van der Waals surface area contributed by atoms with Crippen LogP contribution in [0.5, 0.6) is 0 Å². The minimum absolute atomic E-state index is 0.0291. The first-order valence-corrected chi connectivity index (χ1v) is 6.12. The van der Waals surface area contributed by atoms with Gasteiger partial charge in [0.2, 0.25) is 10.0 Å². The maximum atomic E-state index is 11.2. The van der Waals surface area contributed by atoms with Gasteiger partial charge in [-0.3, -0.25) is 0 Å². The number of hydrogen-bond donors (Lipinski definition) is 2. The molecule has 0 aromatic carbocycles. The summed E-state index contributed by atoms with van der Waals surface area (Å²) in [6.07, 6.45) is 0.593. The number of aliphatic hydroxyl groups excluding tert-OH is 1. The monoisotopic (exact) mass is 220 g/mol. The van der Waals surface area contributed by atoms with Crippen LogP contribution in [0.4, 0.5) is 0 Å². The number of nitriles is 1. The van der Waals surface area contributed by atoms with Gasteiger partial charge >= 0.3 is 0 Å². The van der Waals surface area contributed by atoms with Crippen LogP contribution in [0.2, 0.25) is 0 Å². The molecule has 1 unspecified atom stereocenters. The first-order valence-electron chi connectivity index (χ1n) is 4.47. The molecule has 0 heterocycles. The average molecular weight is 220 g/mol. The van der Waals surface area contributed by atoms with E-state index in [1.54, 1.807) is 6.92 Å². The molecule has 14 heavy (non-hydrogen) atoms. The molecule has 0 aliphatic heterocycles. The summed E-state index contributed by atoms with van der Waals surface area (Å²) in [6, 6.07) is 1.88. The summed E-state index contributed by atoms with van der Waals surface area (Å²) in [5.41, 5.74) is 0. The largest absolute Gasteiger partial charge is 0.396 e. The molecule has 0 aliphatic rings. The van der Waals surface area contributed by atoms with Crippen LogP contribution in [0, 0.1) is 17.2 Å². The van der Waals surface area contributed by atoms with E-state index in [1.807, 2.05) is 6.07 Å². The lowest BCUT2D eigenvalue weighted by Gasteiger charge is -2.09. The van der Waals surface area contributed by atoms with Crippen molar-refractivity contribution in [1.82, 2.24) is 4.72 Å². The van der Waals surface area contributed by atoms with E-state index in [0.717, 1.165) is 0 Å². The second kappa shape index (κ2) is 6.76. The normalized spacial score (nSPS) is 13.5. The van der Waals surface area contributed by atoms with Gasteiger partial charge in [-0.15, -0.1) is 0 Å². The average Bonchev–Trinajstić information content (AvgIpc) is 2.14. The van der Waals surface area contributed by atoms with E-state index in [4.69, 9.17) is 10.4 Å². The molecule has 0 aromatic rings. The van der Waals surface area contributed by atoms with E-state index >= 15 is 0 Å². The Hall–Kier alpha value is -0.640. The first kappa shape index (κ1) is 13.4. The Morgan fingerprint density at radius 1 is 1.57 bits per heavy atom. The van der Waals surface area contributed by atoms with Crippen LogP contribution in [-0.2, 0) is 10.0 Å². The zero-order valence-corrected chi connectivity index (χ0v) is 9.05. The molecule has 0 bridgehead atoms. The van der Waals surface area contributed by atoms with Gasteiger partial charge in [-0.2, -0.15) is 5.26 Å². The molecule has 0 saturated carbocycles. The van der Waals surface area contributed by atoms with E-state index in [0.29, 0.717) is 6.42 Å². The maximum absolute atomic E-state index is 11.2. The number of aliphatic hydroxyl groups is 1. The van der Waals surface area contributed by atoms with Crippen molar-refractivity contribution in [3.05, 3.63) is 0 Å². The summed E-state index contributed by atoms with van der Waals surface area (Å²) in [5, 5.41) is 16.9. The SMILES string of the molecule is CC(CO)CNS(=O)(=O)CCCC#N. The summed E-state index contributed by atoms with van der Waals surface area (Å²) in [5.74, 6) is -0.112. The molecule has 1 atom stereocenters. The van der Waals surface area contributed by atoms with Crippen LogP contribution in [0.1, 0.15) is 19.8 Å². The van der Waals surface area contributed by atoms with Gasteiger partial charge in [-0.05, 0) is 12.3 Å². The number of nitrogens with one attached hydrogen (secondary N) is 1. The van der Waals surface area contributed by atoms with Gasteiger partial charge < -0.3 is 5.11 Å². The smallest absolute Gasteiger partial charge is 0.211 e. The van der Waals surface area contributed by atoms with E-state index in [1.165, 1.54) is 0 Å². The van der Waals surface area contributed by atoms with Crippen molar-refractivity contribution in [2.45, 2.75) is 19.8 Å². The van der Waals surface area contributed by atoms with Crippen molar-refractivity contribution < 1.29 is 13.5 Å². The number of hydrogen-bond acceptors (Lipinski definition) is 4. The second-order valence-electron chi connectivity index (χ2n) is 3.22. The Balaban J connectivity index is 3.79. The minimum atomic E-state index is -3.27. The first-order chi connectivity index (χ1) is 6.52. The van der Waals surface area contributed by atoms with E-state index in [-0.39, 0.29) is 31.2 Å². The topological polar surface area (TPSA) is 90.2 Å². The Morgan fingerprint density at radius 3 is 2.71 bits per heavy atom. The molecule has 6 heteroatoms. The predicted octanol–water partition coefficient (Wildman–Crippen LogP) is -0.162. The summed E-state index contributed by atoms with van der Waals surface area (Å²) in [6.45, 7) is 1.95. The summed E-state index contributed by atoms with van der Waals surface area (Å²) in [7, 11) is -3.27. The lowest BCUT2D eigenvalue weighted by atomic mass is 10.2. The summed E-state index contributed by atoms with van der Waals surface area (Å²) >= 11 is 0. The van der Waals surface area contributed by atoms with Gasteiger partial charge in [0.1, 0.15) is 0 Å². The molecule has 0 rings (SSSR count). The number of unbranched alkanes of at least 4 members (excludes halogenated alkanes) is 1. The third kappa shape index (κ3) is 6.83. The Bertz CT molecular complexity index is 281. The number of nitrogens with zero attached hydrogens (tertiary/aromatic N) is 1. The van der Waals surface area contributed by atoms with Crippen LogP contribution in [0.15, 0.2) is 0 Å². The van der Waals surface area contributed by atoms with Gasteiger partial charge in [-0.25, -0.2) is 13.1 Å². The lowest BCUT2D eigenvalue weighted by Crippen LogP contribution is -2.31. The van der Waals surface area contributed by atoms with Crippen molar-refractivity contribution in [2.75, 3.05) is 18.9 Å². The summed E-state index contributed by atoms with van der Waals surface area (Å²) in [4.78, 5) is 0. The van der Waals surface area contributed by atoms with E-state index < -0.39 is 10.0 Å². The zero-order chi connectivity index (χ0) is 11.0. The maximum Gasteiger partial charge on any atom is 0.211 e. The lowest BCUT2D eigenvalue weighted by molar-refractivity contribution is 0.238. The zero-order valence-electron chi connectivity index (χ0n) is 8.23. The van der Waals surface area contributed by atoms with Gasteiger partial charge in [-0.1, -0.05) is 6.92 Å². The fraction of sp³-hybridized carbons (Fsp3) is 0.875. The molecule has 0 saturated heterocycles. The van der Waals surface area contributed by atoms with Crippen LogP contribution in [-0.4, -0.2) is 32.4 Å². The van der Waals surface area contributed by atoms with E-state index in [9.17, 15) is 8.42 Å². The molecule has 0 amide bonds. The Labute approximate surface area is 84.8 Å². The predicted molar refractivity (Wildman–Crippen MR) is 52.9 cm³/mol. The van der Waals surface area contributed by atoms with Crippen LogP contribution in [0.3, 0.4) is 0 Å². The molecule has 0 spiro atoms. The Kier molecular flexibility index (Phi) is 6.45. The minimum Gasteiger partial charge on any atom is -0.396 e. The van der Waals surface area contributed by atoms with Crippen LogP contribution in [0.25, 0.3) is 0 Å². The van der Waals surface area contributed by atoms with Crippen LogP contribution >= 0.6 is 0 Å². The van der Waals surface area contributed by atoms with Crippen LogP contribution < -0.4 is 4.72 Å². The van der Waals surface area contributed by atoms with Gasteiger partial charge in [0.25, 0.3) is 0 Å². The van der Waals surface area contributed by atoms with Crippen molar-refractivity contribution in [1.29, 1.82) is 5.26 Å². The third-order valence-electron chi connectivity index (χ3n) is 1.67. The number of rotatable bonds is 7. The molecule has 0 aromatic heterocycles. The van der Waals surface area contributed by atoms with Crippen molar-refractivity contribution in [3.63, 3.8) is 0 Å². The highest BCUT2D eigenvalue weighted by Crippen LogP contribution is 1.96. The fourth-order valence-electron chi connectivity index (χ4n) is 0.747. The molecular formula is C8H16N2O3S.